The van der Waals surface area contributed by atoms with Crippen LogP contribution in [-0.2, 0) is 20.7 Å². The van der Waals surface area contributed by atoms with Gasteiger partial charge in [0.25, 0.3) is 0 Å². The number of hydrogen-bond acceptors (Lipinski definition) is 11. The van der Waals surface area contributed by atoms with Gasteiger partial charge in [0.1, 0.15) is 22.8 Å². The van der Waals surface area contributed by atoms with Gasteiger partial charge in [-0.25, -0.2) is 4.79 Å². The number of benzene rings is 3. The molecular formula is C40H49NO11. The molecule has 2 atom stereocenters. The fraction of sp³-hybridized carbons (Fsp3) is 0.425. The quantitative estimate of drug-likeness (QED) is 0.175. The van der Waals surface area contributed by atoms with Crippen molar-refractivity contribution in [2.24, 2.45) is 0 Å². The van der Waals surface area contributed by atoms with E-state index in [0.717, 1.165) is 5.56 Å². The summed E-state index contributed by atoms with van der Waals surface area (Å²) >= 11 is 0. The summed E-state index contributed by atoms with van der Waals surface area (Å²) in [7, 11) is 7.48. The number of amides is 1. The first-order valence-electron chi connectivity index (χ1n) is 17.3. The minimum Gasteiger partial charge on any atom is -0.507 e. The molecule has 0 saturated heterocycles. The van der Waals surface area contributed by atoms with Gasteiger partial charge in [-0.05, 0) is 86.1 Å². The van der Waals surface area contributed by atoms with Crippen molar-refractivity contribution in [2.75, 3.05) is 42.1 Å². The molecule has 0 bridgehead atoms. The highest BCUT2D eigenvalue weighted by molar-refractivity contribution is 5.98. The predicted molar refractivity (Wildman–Crippen MR) is 195 cm³/mol. The summed E-state index contributed by atoms with van der Waals surface area (Å²) < 4.78 is 33.2. The maximum Gasteiger partial charge on any atom is 0.342 e. The first kappa shape index (κ1) is 39.4. The van der Waals surface area contributed by atoms with Crippen LogP contribution in [0.1, 0.15) is 90.4 Å². The zero-order chi connectivity index (χ0) is 37.8. The zero-order valence-corrected chi connectivity index (χ0v) is 30.7. The average Bonchev–Trinajstić information content (AvgIpc) is 3.12. The number of allylic oxidation sites excluding steroid dienone is 1. The van der Waals surface area contributed by atoms with Gasteiger partial charge in [-0.1, -0.05) is 18.2 Å². The van der Waals surface area contributed by atoms with Crippen molar-refractivity contribution < 1.29 is 53.0 Å². The number of methoxy groups -OCH3 is 5. The molecule has 3 N–H and O–H groups in total. The maximum absolute atomic E-state index is 13.7. The van der Waals surface area contributed by atoms with E-state index >= 15 is 0 Å². The van der Waals surface area contributed by atoms with Crippen molar-refractivity contribution in [3.8, 4) is 40.2 Å². The fourth-order valence-electron chi connectivity index (χ4n) is 6.35. The Morgan fingerprint density at radius 3 is 2.21 bits per heavy atom. The average molecular weight is 720 g/mol. The van der Waals surface area contributed by atoms with Gasteiger partial charge in [0, 0.05) is 37.3 Å². The lowest BCUT2D eigenvalue weighted by molar-refractivity contribution is -0.121. The van der Waals surface area contributed by atoms with Crippen molar-refractivity contribution >= 4 is 23.7 Å². The third-order valence-electron chi connectivity index (χ3n) is 9.06. The van der Waals surface area contributed by atoms with Crippen LogP contribution in [0, 0.1) is 0 Å². The lowest BCUT2D eigenvalue weighted by Gasteiger charge is -2.24. The summed E-state index contributed by atoms with van der Waals surface area (Å²) in [5.74, 6) is -0.806. The van der Waals surface area contributed by atoms with Gasteiger partial charge in [0.05, 0.1) is 41.7 Å². The lowest BCUT2D eigenvalue weighted by Crippen LogP contribution is -2.27. The number of ketones is 1. The van der Waals surface area contributed by atoms with Crippen LogP contribution < -0.4 is 29.0 Å². The topological polar surface area (TPSA) is 159 Å². The van der Waals surface area contributed by atoms with Gasteiger partial charge in [-0.3, -0.25) is 9.59 Å². The summed E-state index contributed by atoms with van der Waals surface area (Å²) in [6.07, 6.45) is 6.17. The van der Waals surface area contributed by atoms with Crippen molar-refractivity contribution in [3.63, 3.8) is 0 Å². The normalized spacial score (nSPS) is 15.8. The van der Waals surface area contributed by atoms with Crippen LogP contribution in [0.25, 0.3) is 6.08 Å². The molecule has 3 aromatic rings. The Labute approximate surface area is 304 Å². The van der Waals surface area contributed by atoms with Crippen LogP contribution in [0.3, 0.4) is 0 Å². The second-order valence-corrected chi connectivity index (χ2v) is 12.6. The first-order chi connectivity index (χ1) is 25.0. The van der Waals surface area contributed by atoms with Gasteiger partial charge in [0.15, 0.2) is 23.0 Å². The molecule has 280 valence electrons. The highest BCUT2D eigenvalue weighted by Gasteiger charge is 2.32. The maximum atomic E-state index is 13.7. The second kappa shape index (κ2) is 18.7. The van der Waals surface area contributed by atoms with Crippen LogP contribution in [0.15, 0.2) is 42.5 Å². The van der Waals surface area contributed by atoms with Gasteiger partial charge in [0.2, 0.25) is 11.7 Å². The molecule has 1 unspecified atom stereocenters. The molecule has 0 radical (unpaired) electrons. The molecule has 3 aromatic carbocycles. The Morgan fingerprint density at radius 1 is 0.885 bits per heavy atom. The monoisotopic (exact) mass is 719 g/mol. The molecule has 1 heterocycles. The number of cyclic esters (lactones) is 1. The number of carbonyl (C=O) groups is 3. The molecule has 52 heavy (non-hydrogen) atoms. The van der Waals surface area contributed by atoms with E-state index < -0.39 is 23.7 Å². The molecule has 0 spiro atoms. The Balaban J connectivity index is 1.77. The lowest BCUT2D eigenvalue weighted by atomic mass is 9.84. The number of aromatic hydroxyl groups is 2. The second-order valence-electron chi connectivity index (χ2n) is 12.6. The number of rotatable bonds is 12. The largest absolute Gasteiger partial charge is 0.507 e. The molecule has 12 heteroatoms. The zero-order valence-electron chi connectivity index (χ0n) is 30.7. The van der Waals surface area contributed by atoms with Gasteiger partial charge in [-0.15, -0.1) is 0 Å². The number of phenols is 2. The Morgan fingerprint density at radius 2 is 1.56 bits per heavy atom. The molecule has 4 rings (SSSR count). The number of phenolic OH excluding ortho intramolecular Hbond substituents is 2. The van der Waals surface area contributed by atoms with Gasteiger partial charge < -0.3 is 44.0 Å². The van der Waals surface area contributed by atoms with Crippen LogP contribution in [0.5, 0.6) is 40.2 Å². The highest BCUT2D eigenvalue weighted by Crippen LogP contribution is 2.47. The number of Topliss-reactive ketones (excluding diaryl/α,β-unsaturated/α-hetero) is 1. The van der Waals surface area contributed by atoms with Crippen molar-refractivity contribution in [2.45, 2.75) is 70.3 Å². The SMILES string of the molecule is COc1ccc(CCNC(=O)CC(c2cc(OC)c(OC)c(OC)c2)c2c(O)cc3c(c2O)C(=O)O[C@@H](C)CCCC(=O)CCCC=C3)cc1OC. The molecule has 12 nitrogen and oxygen atoms in total. The molecule has 1 aliphatic heterocycles. The third kappa shape index (κ3) is 9.68. The van der Waals surface area contributed by atoms with Crippen molar-refractivity contribution in [1.29, 1.82) is 0 Å². The van der Waals surface area contributed by atoms with Crippen molar-refractivity contribution in [1.82, 2.24) is 5.32 Å². The van der Waals surface area contributed by atoms with Crippen LogP contribution in [0.2, 0.25) is 0 Å². The van der Waals surface area contributed by atoms with E-state index in [1.54, 1.807) is 51.5 Å². The van der Waals surface area contributed by atoms with Crippen LogP contribution >= 0.6 is 0 Å². The number of hydrogen-bond donors (Lipinski definition) is 3. The first-order valence-corrected chi connectivity index (χ1v) is 17.3. The van der Waals surface area contributed by atoms with E-state index in [2.05, 4.69) is 5.32 Å². The van der Waals surface area contributed by atoms with Gasteiger partial charge in [-0.2, -0.15) is 0 Å². The smallest absolute Gasteiger partial charge is 0.342 e. The Kier molecular flexibility index (Phi) is 14.2. The third-order valence-corrected chi connectivity index (χ3v) is 9.06. The summed E-state index contributed by atoms with van der Waals surface area (Å²) in [6.45, 7) is 2.01. The minimum absolute atomic E-state index is 0.0484. The summed E-state index contributed by atoms with van der Waals surface area (Å²) in [5.41, 5.74) is 1.40. The molecule has 1 aliphatic rings. The molecular weight excluding hydrogens is 670 g/mol. The summed E-state index contributed by atoms with van der Waals surface area (Å²) in [6, 6.07) is 10.2. The van der Waals surface area contributed by atoms with Crippen LogP contribution in [-0.4, -0.2) is 76.1 Å². The van der Waals surface area contributed by atoms with Crippen LogP contribution in [0.4, 0.5) is 0 Å². The van der Waals surface area contributed by atoms with Gasteiger partial charge >= 0.3 is 5.97 Å². The minimum atomic E-state index is -0.992. The number of esters is 1. The number of fused-ring (bicyclic) bond motifs is 1. The summed E-state index contributed by atoms with van der Waals surface area (Å²) in [5, 5.41) is 26.5. The standard InChI is InChI=1S/C40H49NO11/c1-24-11-10-14-28(42)13-9-7-8-12-26-20-30(43)37(38(45)36(26)40(46)52-24)29(27-21-33(49-4)39(51-6)34(22-27)50-5)23-35(44)41-18-17-25-15-16-31(47-2)32(19-25)48-3/h8,12,15-16,19-22,24,29,43,45H,7,9-11,13-14,17-18,23H2,1-6H3,(H,41,44)/t24-,29?/m0/s1. The van der Waals surface area contributed by atoms with E-state index in [1.165, 1.54) is 27.4 Å². The molecule has 0 fully saturated rings. The molecule has 0 saturated carbocycles. The number of ether oxygens (including phenoxy) is 6. The van der Waals surface area contributed by atoms with E-state index in [1.807, 2.05) is 12.1 Å². The Bertz CT molecular complexity index is 1740. The number of carbonyl (C=O) groups excluding carboxylic acids is 3. The highest BCUT2D eigenvalue weighted by atomic mass is 16.5. The molecule has 1 amide bonds. The van der Waals surface area contributed by atoms with E-state index in [9.17, 15) is 24.6 Å². The van der Waals surface area contributed by atoms with E-state index in [-0.39, 0.29) is 47.1 Å². The van der Waals surface area contributed by atoms with E-state index in [4.69, 9.17) is 28.4 Å². The predicted octanol–water partition coefficient (Wildman–Crippen LogP) is 6.50. The van der Waals surface area contributed by atoms with E-state index in [0.29, 0.717) is 79.3 Å². The fourth-order valence-corrected chi connectivity index (χ4v) is 6.35. The number of nitrogens with one attached hydrogen (secondary N) is 1. The molecule has 0 aliphatic carbocycles. The molecule has 0 aromatic heterocycles. The Hall–Kier alpha value is -5.39. The van der Waals surface area contributed by atoms with Crippen molar-refractivity contribution in [3.05, 3.63) is 70.3 Å². The summed E-state index contributed by atoms with van der Waals surface area (Å²) in [4.78, 5) is 39.6.